The molecule has 0 spiro atoms. The van der Waals surface area contributed by atoms with Crippen LogP contribution in [0.15, 0.2) is 0 Å². The summed E-state index contributed by atoms with van der Waals surface area (Å²) in [7, 11) is 0. The van der Waals surface area contributed by atoms with Crippen molar-refractivity contribution < 1.29 is 9.53 Å². The SMILES string of the molecule is CCCCCSCC(NCCC)(C(=O)OCC)C1CC1. The quantitative estimate of drug-likeness (QED) is 0.441. The van der Waals surface area contributed by atoms with E-state index in [1.165, 1.54) is 19.3 Å². The van der Waals surface area contributed by atoms with Crippen LogP contribution in [0, 0.1) is 5.92 Å². The number of thioether (sulfide) groups is 1. The maximum Gasteiger partial charge on any atom is 0.327 e. The molecule has 0 radical (unpaired) electrons. The molecule has 0 saturated heterocycles. The first-order valence-electron chi connectivity index (χ1n) is 8.21. The fourth-order valence-corrected chi connectivity index (χ4v) is 3.81. The van der Waals surface area contributed by atoms with E-state index >= 15 is 0 Å². The fraction of sp³-hybridized carbons (Fsp3) is 0.938. The highest BCUT2D eigenvalue weighted by molar-refractivity contribution is 7.99. The first-order valence-corrected chi connectivity index (χ1v) is 9.36. The average Bonchev–Trinajstić information content (AvgIpc) is 3.27. The summed E-state index contributed by atoms with van der Waals surface area (Å²) in [6.45, 7) is 7.63. The Morgan fingerprint density at radius 2 is 2.00 bits per heavy atom. The number of hydrogen-bond donors (Lipinski definition) is 1. The van der Waals surface area contributed by atoms with Crippen LogP contribution in [0.1, 0.15) is 59.3 Å². The van der Waals surface area contributed by atoms with E-state index in [0.29, 0.717) is 12.5 Å². The minimum absolute atomic E-state index is 0.0288. The number of nitrogens with one attached hydrogen (secondary N) is 1. The van der Waals surface area contributed by atoms with Crippen molar-refractivity contribution in [3.8, 4) is 0 Å². The van der Waals surface area contributed by atoms with Crippen LogP contribution in [-0.2, 0) is 9.53 Å². The summed E-state index contributed by atoms with van der Waals surface area (Å²) in [6.07, 6.45) is 7.15. The molecular formula is C16H31NO2S. The Labute approximate surface area is 128 Å². The molecule has 1 unspecified atom stereocenters. The monoisotopic (exact) mass is 301 g/mol. The number of carbonyl (C=O) groups excluding carboxylic acids is 1. The van der Waals surface area contributed by atoms with Gasteiger partial charge in [0.05, 0.1) is 6.61 Å². The minimum atomic E-state index is -0.428. The molecule has 20 heavy (non-hydrogen) atoms. The fourth-order valence-electron chi connectivity index (χ4n) is 2.48. The molecular weight excluding hydrogens is 270 g/mol. The number of ether oxygens (including phenoxy) is 1. The number of hydrogen-bond acceptors (Lipinski definition) is 4. The van der Waals surface area contributed by atoms with E-state index in [1.807, 2.05) is 18.7 Å². The standard InChI is InChI=1S/C16H31NO2S/c1-4-7-8-12-20-13-16(14-9-10-14,17-11-5-2)15(18)19-6-3/h14,17H,4-13H2,1-3H3. The minimum Gasteiger partial charge on any atom is -0.465 e. The largest absolute Gasteiger partial charge is 0.465 e. The third-order valence-corrected chi connectivity index (χ3v) is 5.06. The summed E-state index contributed by atoms with van der Waals surface area (Å²) in [5, 5.41) is 3.52. The summed E-state index contributed by atoms with van der Waals surface area (Å²) in [4.78, 5) is 12.5. The lowest BCUT2D eigenvalue weighted by molar-refractivity contribution is -0.151. The number of rotatable bonds is 12. The van der Waals surface area contributed by atoms with Crippen molar-refractivity contribution >= 4 is 17.7 Å². The molecule has 1 atom stereocenters. The van der Waals surface area contributed by atoms with Gasteiger partial charge in [0.1, 0.15) is 5.54 Å². The van der Waals surface area contributed by atoms with Gasteiger partial charge in [0.15, 0.2) is 0 Å². The Kier molecular flexibility index (Phi) is 8.62. The van der Waals surface area contributed by atoms with E-state index in [1.54, 1.807) is 0 Å². The Balaban J connectivity index is 2.57. The maximum absolute atomic E-state index is 12.5. The van der Waals surface area contributed by atoms with Crippen molar-refractivity contribution in [2.75, 3.05) is 24.7 Å². The molecule has 0 amide bonds. The summed E-state index contributed by atoms with van der Waals surface area (Å²) in [6, 6.07) is 0. The lowest BCUT2D eigenvalue weighted by Crippen LogP contribution is -2.57. The molecule has 0 bridgehead atoms. The van der Waals surface area contributed by atoms with Crippen LogP contribution >= 0.6 is 11.8 Å². The molecule has 1 aliphatic carbocycles. The van der Waals surface area contributed by atoms with Crippen LogP contribution in [0.4, 0.5) is 0 Å². The van der Waals surface area contributed by atoms with Crippen LogP contribution in [0.3, 0.4) is 0 Å². The lowest BCUT2D eigenvalue weighted by atomic mass is 9.95. The number of esters is 1. The first kappa shape index (κ1) is 17.8. The van der Waals surface area contributed by atoms with Crippen LogP contribution < -0.4 is 5.32 Å². The van der Waals surface area contributed by atoms with Gasteiger partial charge in [-0.05, 0) is 50.8 Å². The van der Waals surface area contributed by atoms with Crippen LogP contribution in [-0.4, -0.2) is 36.2 Å². The van der Waals surface area contributed by atoms with Crippen molar-refractivity contribution in [3.63, 3.8) is 0 Å². The highest BCUT2D eigenvalue weighted by atomic mass is 32.2. The Bertz CT molecular complexity index is 282. The second-order valence-electron chi connectivity index (χ2n) is 5.65. The molecule has 0 aromatic heterocycles. The van der Waals surface area contributed by atoms with Crippen molar-refractivity contribution in [3.05, 3.63) is 0 Å². The zero-order valence-corrected chi connectivity index (χ0v) is 14.2. The Morgan fingerprint density at radius 3 is 2.55 bits per heavy atom. The van der Waals surface area contributed by atoms with Crippen molar-refractivity contribution in [1.82, 2.24) is 5.32 Å². The Hall–Kier alpha value is -0.220. The van der Waals surface area contributed by atoms with Gasteiger partial charge < -0.3 is 10.1 Å². The zero-order chi connectivity index (χ0) is 14.8. The van der Waals surface area contributed by atoms with Gasteiger partial charge >= 0.3 is 5.97 Å². The first-order chi connectivity index (χ1) is 9.71. The van der Waals surface area contributed by atoms with E-state index in [0.717, 1.165) is 37.3 Å². The normalized spacial score (nSPS) is 17.8. The molecule has 1 saturated carbocycles. The summed E-state index contributed by atoms with van der Waals surface area (Å²) < 4.78 is 5.37. The molecule has 0 aromatic rings. The Morgan fingerprint density at radius 1 is 1.25 bits per heavy atom. The molecule has 0 aromatic carbocycles. The van der Waals surface area contributed by atoms with Crippen LogP contribution in [0.2, 0.25) is 0 Å². The topological polar surface area (TPSA) is 38.3 Å². The number of carbonyl (C=O) groups is 1. The van der Waals surface area contributed by atoms with Gasteiger partial charge in [-0.2, -0.15) is 11.8 Å². The molecule has 118 valence electrons. The maximum atomic E-state index is 12.5. The van der Waals surface area contributed by atoms with Crippen molar-refractivity contribution in [1.29, 1.82) is 0 Å². The summed E-state index contributed by atoms with van der Waals surface area (Å²) in [5.74, 6) is 2.46. The van der Waals surface area contributed by atoms with Crippen molar-refractivity contribution in [2.45, 2.75) is 64.8 Å². The highest BCUT2D eigenvalue weighted by Crippen LogP contribution is 2.42. The van der Waals surface area contributed by atoms with E-state index in [2.05, 4.69) is 19.2 Å². The molecule has 1 fully saturated rings. The highest BCUT2D eigenvalue weighted by Gasteiger charge is 2.51. The van der Waals surface area contributed by atoms with Gasteiger partial charge in [-0.15, -0.1) is 0 Å². The van der Waals surface area contributed by atoms with E-state index < -0.39 is 5.54 Å². The third-order valence-electron chi connectivity index (χ3n) is 3.83. The predicted molar refractivity (Wildman–Crippen MR) is 87.2 cm³/mol. The molecule has 3 nitrogen and oxygen atoms in total. The van der Waals surface area contributed by atoms with E-state index in [4.69, 9.17) is 4.74 Å². The third kappa shape index (κ3) is 5.28. The number of unbranched alkanes of at least 4 members (excludes halogenated alkanes) is 2. The molecule has 1 aliphatic rings. The van der Waals surface area contributed by atoms with Crippen LogP contribution in [0.5, 0.6) is 0 Å². The van der Waals surface area contributed by atoms with Gasteiger partial charge in [0.2, 0.25) is 0 Å². The molecule has 0 aliphatic heterocycles. The molecule has 4 heteroatoms. The van der Waals surface area contributed by atoms with Gasteiger partial charge in [0.25, 0.3) is 0 Å². The van der Waals surface area contributed by atoms with Gasteiger partial charge in [0, 0.05) is 5.75 Å². The average molecular weight is 301 g/mol. The van der Waals surface area contributed by atoms with Gasteiger partial charge in [-0.1, -0.05) is 26.7 Å². The van der Waals surface area contributed by atoms with E-state index in [9.17, 15) is 4.79 Å². The zero-order valence-electron chi connectivity index (χ0n) is 13.4. The summed E-state index contributed by atoms with van der Waals surface area (Å²) in [5.41, 5.74) is -0.428. The van der Waals surface area contributed by atoms with Gasteiger partial charge in [-0.25, -0.2) is 0 Å². The smallest absolute Gasteiger partial charge is 0.327 e. The predicted octanol–water partition coefficient (Wildman–Crippen LogP) is 3.62. The second-order valence-corrected chi connectivity index (χ2v) is 6.76. The molecule has 1 N–H and O–H groups in total. The summed E-state index contributed by atoms with van der Waals surface area (Å²) >= 11 is 1.91. The van der Waals surface area contributed by atoms with E-state index in [-0.39, 0.29) is 5.97 Å². The van der Waals surface area contributed by atoms with Crippen molar-refractivity contribution in [2.24, 2.45) is 5.92 Å². The van der Waals surface area contributed by atoms with Gasteiger partial charge in [-0.3, -0.25) is 4.79 Å². The second kappa shape index (κ2) is 9.67. The lowest BCUT2D eigenvalue weighted by Gasteiger charge is -2.32. The molecule has 1 rings (SSSR count). The molecule has 0 heterocycles. The van der Waals surface area contributed by atoms with Crippen LogP contribution in [0.25, 0.3) is 0 Å².